The maximum atomic E-state index is 12.1. The van der Waals surface area contributed by atoms with Crippen LogP contribution in [0.4, 0.5) is 5.69 Å². The molecule has 0 saturated heterocycles. The van der Waals surface area contributed by atoms with Crippen molar-refractivity contribution >= 4 is 28.6 Å². The maximum Gasteiger partial charge on any atom is 0.338 e. The number of para-hydroxylation sites is 1. The Morgan fingerprint density at radius 2 is 1.96 bits per heavy atom. The monoisotopic (exact) mass is 376 g/mol. The second kappa shape index (κ2) is 9.79. The van der Waals surface area contributed by atoms with Gasteiger partial charge in [0.25, 0.3) is 0 Å². The molecule has 1 N–H and O–H groups in total. The van der Waals surface area contributed by atoms with Gasteiger partial charge in [0.1, 0.15) is 0 Å². The molecule has 3 rings (SSSR count). The Morgan fingerprint density at radius 1 is 1.14 bits per heavy atom. The van der Waals surface area contributed by atoms with Gasteiger partial charge in [0.15, 0.2) is 0 Å². The molecule has 0 amide bonds. The van der Waals surface area contributed by atoms with Gasteiger partial charge in [0.05, 0.1) is 12.2 Å². The van der Waals surface area contributed by atoms with Crippen LogP contribution in [0, 0.1) is 0 Å². The topological polar surface area (TPSA) is 43.3 Å². The van der Waals surface area contributed by atoms with Crippen molar-refractivity contribution in [3.63, 3.8) is 0 Å². The van der Waals surface area contributed by atoms with Crippen molar-refractivity contribution in [1.82, 2.24) is 4.57 Å². The number of unbranched alkanes of at least 4 members (excludes halogenated alkanes) is 1. The second-order valence-corrected chi connectivity index (χ2v) is 6.66. The zero-order chi connectivity index (χ0) is 19.8. The third kappa shape index (κ3) is 4.83. The molecular formula is C24H28N2O2. The Hall–Kier alpha value is -3.01. The highest BCUT2D eigenvalue weighted by Gasteiger charge is 2.11. The van der Waals surface area contributed by atoms with E-state index in [4.69, 9.17) is 4.74 Å². The van der Waals surface area contributed by atoms with Gasteiger partial charge < -0.3 is 14.6 Å². The first-order chi connectivity index (χ1) is 13.7. The highest BCUT2D eigenvalue weighted by atomic mass is 16.5. The Labute approximate surface area is 166 Å². The minimum Gasteiger partial charge on any atom is -0.462 e. The summed E-state index contributed by atoms with van der Waals surface area (Å²) in [5.41, 5.74) is 4.04. The average Bonchev–Trinajstić information content (AvgIpc) is 3.08. The van der Waals surface area contributed by atoms with Crippen LogP contribution in [0.5, 0.6) is 0 Å². The summed E-state index contributed by atoms with van der Waals surface area (Å²) in [4.78, 5) is 12.1. The molecule has 0 aliphatic rings. The first-order valence-electron chi connectivity index (χ1n) is 9.98. The number of rotatable bonds is 9. The van der Waals surface area contributed by atoms with E-state index in [0.29, 0.717) is 12.2 Å². The minimum absolute atomic E-state index is 0.268. The van der Waals surface area contributed by atoms with Crippen LogP contribution < -0.4 is 5.32 Å². The number of allylic oxidation sites excluding steroid dienone is 1. The lowest BCUT2D eigenvalue weighted by Gasteiger charge is -2.04. The molecule has 0 bridgehead atoms. The van der Waals surface area contributed by atoms with Crippen LogP contribution in [-0.2, 0) is 11.3 Å². The zero-order valence-corrected chi connectivity index (χ0v) is 16.7. The van der Waals surface area contributed by atoms with Crippen molar-refractivity contribution in [2.75, 3.05) is 18.5 Å². The fourth-order valence-corrected chi connectivity index (χ4v) is 3.28. The van der Waals surface area contributed by atoms with Gasteiger partial charge in [-0.25, -0.2) is 4.79 Å². The molecule has 1 aromatic heterocycles. The van der Waals surface area contributed by atoms with Gasteiger partial charge >= 0.3 is 5.97 Å². The van der Waals surface area contributed by atoms with Crippen LogP contribution in [0.2, 0.25) is 0 Å². The molecule has 0 atom stereocenters. The predicted octanol–water partition coefficient (Wildman–Crippen LogP) is 5.74. The van der Waals surface area contributed by atoms with E-state index < -0.39 is 0 Å². The van der Waals surface area contributed by atoms with Crippen LogP contribution in [0.15, 0.2) is 60.8 Å². The van der Waals surface area contributed by atoms with Gasteiger partial charge in [-0.05, 0) is 62.6 Å². The number of esters is 1. The van der Waals surface area contributed by atoms with E-state index >= 15 is 0 Å². The number of hydrogen-bond donors (Lipinski definition) is 1. The van der Waals surface area contributed by atoms with Crippen molar-refractivity contribution in [2.45, 2.75) is 33.2 Å². The average molecular weight is 377 g/mol. The molecule has 0 aliphatic heterocycles. The smallest absolute Gasteiger partial charge is 0.338 e. The van der Waals surface area contributed by atoms with Gasteiger partial charge in [-0.1, -0.05) is 30.4 Å². The lowest BCUT2D eigenvalue weighted by Crippen LogP contribution is -2.04. The highest BCUT2D eigenvalue weighted by Crippen LogP contribution is 2.25. The Bertz CT molecular complexity index is 942. The van der Waals surface area contributed by atoms with Gasteiger partial charge in [0.2, 0.25) is 0 Å². The lowest BCUT2D eigenvalue weighted by atomic mass is 10.1. The summed E-state index contributed by atoms with van der Waals surface area (Å²) in [6, 6.07) is 16.0. The van der Waals surface area contributed by atoms with E-state index in [2.05, 4.69) is 47.3 Å². The number of hydrogen-bond acceptors (Lipinski definition) is 3. The quantitative estimate of drug-likeness (QED) is 0.382. The SMILES string of the molecule is CCOC(=O)c1ccc2c(c1)c(/C=C/CCCNc1ccccc1)cn2CC. The normalized spacial score (nSPS) is 11.2. The molecule has 0 unspecified atom stereocenters. The van der Waals surface area contributed by atoms with Crippen molar-refractivity contribution < 1.29 is 9.53 Å². The molecule has 1 heterocycles. The van der Waals surface area contributed by atoms with E-state index in [-0.39, 0.29) is 5.97 Å². The minimum atomic E-state index is -0.268. The van der Waals surface area contributed by atoms with Gasteiger partial charge in [-0.2, -0.15) is 0 Å². The number of nitrogens with zero attached hydrogens (tertiary/aromatic N) is 1. The van der Waals surface area contributed by atoms with E-state index in [9.17, 15) is 4.79 Å². The van der Waals surface area contributed by atoms with Crippen molar-refractivity contribution in [1.29, 1.82) is 0 Å². The van der Waals surface area contributed by atoms with Crippen LogP contribution >= 0.6 is 0 Å². The predicted molar refractivity (Wildman–Crippen MR) is 117 cm³/mol. The molecule has 0 fully saturated rings. The summed E-state index contributed by atoms with van der Waals surface area (Å²) in [7, 11) is 0. The number of benzene rings is 2. The molecular weight excluding hydrogens is 348 g/mol. The first-order valence-corrected chi connectivity index (χ1v) is 9.98. The summed E-state index contributed by atoms with van der Waals surface area (Å²) in [6.45, 7) is 6.17. The van der Waals surface area contributed by atoms with Crippen LogP contribution in [-0.4, -0.2) is 23.7 Å². The largest absolute Gasteiger partial charge is 0.462 e. The highest BCUT2D eigenvalue weighted by molar-refractivity contribution is 5.97. The number of ether oxygens (including phenoxy) is 1. The maximum absolute atomic E-state index is 12.1. The molecule has 0 radical (unpaired) electrons. The molecule has 146 valence electrons. The van der Waals surface area contributed by atoms with E-state index in [1.54, 1.807) is 0 Å². The number of carbonyl (C=O) groups is 1. The summed E-state index contributed by atoms with van der Waals surface area (Å²) in [5, 5.41) is 4.52. The summed E-state index contributed by atoms with van der Waals surface area (Å²) < 4.78 is 7.35. The third-order valence-electron chi connectivity index (χ3n) is 4.71. The van der Waals surface area contributed by atoms with Crippen LogP contribution in [0.25, 0.3) is 17.0 Å². The number of aryl methyl sites for hydroxylation is 1. The third-order valence-corrected chi connectivity index (χ3v) is 4.71. The number of anilines is 1. The number of fused-ring (bicyclic) bond motifs is 1. The molecule has 0 spiro atoms. The summed E-state index contributed by atoms with van der Waals surface area (Å²) in [5.74, 6) is -0.268. The summed E-state index contributed by atoms with van der Waals surface area (Å²) >= 11 is 0. The van der Waals surface area contributed by atoms with Crippen LogP contribution in [0.1, 0.15) is 42.6 Å². The van der Waals surface area contributed by atoms with E-state index in [0.717, 1.165) is 48.1 Å². The first kappa shape index (κ1) is 19.7. The van der Waals surface area contributed by atoms with Crippen molar-refractivity contribution in [2.24, 2.45) is 0 Å². The number of aromatic nitrogens is 1. The zero-order valence-electron chi connectivity index (χ0n) is 16.7. The second-order valence-electron chi connectivity index (χ2n) is 6.66. The molecule has 0 saturated carbocycles. The number of carbonyl (C=O) groups excluding carboxylic acids is 1. The van der Waals surface area contributed by atoms with Crippen molar-refractivity contribution in [3.8, 4) is 0 Å². The van der Waals surface area contributed by atoms with Gasteiger partial charge in [-0.3, -0.25) is 0 Å². The lowest BCUT2D eigenvalue weighted by molar-refractivity contribution is 0.0526. The Kier molecular flexibility index (Phi) is 6.90. The molecule has 4 heteroatoms. The molecule has 2 aromatic carbocycles. The van der Waals surface area contributed by atoms with Crippen LogP contribution in [0.3, 0.4) is 0 Å². The van der Waals surface area contributed by atoms with Gasteiger partial charge in [-0.15, -0.1) is 0 Å². The molecule has 28 heavy (non-hydrogen) atoms. The molecule has 4 nitrogen and oxygen atoms in total. The van der Waals surface area contributed by atoms with E-state index in [1.807, 2.05) is 43.3 Å². The van der Waals surface area contributed by atoms with Gasteiger partial charge in [0, 0.05) is 35.9 Å². The Balaban J connectivity index is 1.66. The number of nitrogens with one attached hydrogen (secondary N) is 1. The fourth-order valence-electron chi connectivity index (χ4n) is 3.28. The van der Waals surface area contributed by atoms with Crippen molar-refractivity contribution in [3.05, 3.63) is 71.9 Å². The Morgan fingerprint density at radius 3 is 2.71 bits per heavy atom. The molecule has 3 aromatic rings. The standard InChI is InChI=1S/C24H28N2O2/c1-3-26-18-20(11-7-6-10-16-25-21-12-8-5-9-13-21)22-17-19(14-15-23(22)26)24(27)28-4-2/h5,7-9,11-15,17-18,25H,3-4,6,10,16H2,1-2H3/b11-7+. The summed E-state index contributed by atoms with van der Waals surface area (Å²) in [6.07, 6.45) is 8.57. The fraction of sp³-hybridized carbons (Fsp3) is 0.292. The van der Waals surface area contributed by atoms with E-state index in [1.165, 1.54) is 0 Å². The molecule has 0 aliphatic carbocycles.